The third-order valence-electron chi connectivity index (χ3n) is 5.58. The number of aliphatic carboxylic acids is 1. The van der Waals surface area contributed by atoms with Gasteiger partial charge in [0.15, 0.2) is 0 Å². The summed E-state index contributed by atoms with van der Waals surface area (Å²) in [6.45, 7) is 6.72. The van der Waals surface area contributed by atoms with Gasteiger partial charge in [0.25, 0.3) is 5.91 Å². The maximum absolute atomic E-state index is 12.4. The van der Waals surface area contributed by atoms with Gasteiger partial charge in [0.05, 0.1) is 26.3 Å². The van der Waals surface area contributed by atoms with Crippen LogP contribution >= 0.6 is 0 Å². The second-order valence-electron chi connectivity index (χ2n) is 8.15. The predicted octanol–water partition coefficient (Wildman–Crippen LogP) is 2.02. The average molecular weight is 470 g/mol. The first-order valence-corrected chi connectivity index (χ1v) is 11.3. The molecule has 34 heavy (non-hydrogen) atoms. The van der Waals surface area contributed by atoms with Crippen LogP contribution in [0.3, 0.4) is 0 Å². The molecule has 0 bridgehead atoms. The first-order valence-electron chi connectivity index (χ1n) is 11.3. The maximum Gasteiger partial charge on any atom is 0.303 e. The zero-order valence-corrected chi connectivity index (χ0v) is 19.4. The van der Waals surface area contributed by atoms with Crippen molar-refractivity contribution in [1.29, 1.82) is 0 Å². The molecule has 9 heteroatoms. The van der Waals surface area contributed by atoms with Gasteiger partial charge in [-0.15, -0.1) is 0 Å². The van der Waals surface area contributed by atoms with Crippen LogP contribution in [0.4, 0.5) is 0 Å². The average Bonchev–Trinajstić information content (AvgIpc) is 3.15. The summed E-state index contributed by atoms with van der Waals surface area (Å²) < 4.78 is 11.4. The fourth-order valence-electron chi connectivity index (χ4n) is 3.73. The Morgan fingerprint density at radius 1 is 1.09 bits per heavy atom. The van der Waals surface area contributed by atoms with Gasteiger partial charge in [-0.1, -0.05) is 37.3 Å². The molecule has 2 aromatic carbocycles. The van der Waals surface area contributed by atoms with Crippen LogP contribution < -0.4 is 10.5 Å². The molecule has 0 aliphatic carbocycles. The van der Waals surface area contributed by atoms with Crippen LogP contribution in [0.15, 0.2) is 42.5 Å². The van der Waals surface area contributed by atoms with E-state index in [1.54, 1.807) is 19.1 Å². The topological polar surface area (TPSA) is 122 Å². The Morgan fingerprint density at radius 3 is 2.35 bits per heavy atom. The second-order valence-corrected chi connectivity index (χ2v) is 8.15. The lowest BCUT2D eigenvalue weighted by atomic mass is 10.1. The van der Waals surface area contributed by atoms with E-state index in [4.69, 9.17) is 20.3 Å². The summed E-state index contributed by atoms with van der Waals surface area (Å²) in [4.78, 5) is 36.8. The number of primary amides is 1. The van der Waals surface area contributed by atoms with Gasteiger partial charge in [-0.05, 0) is 23.3 Å². The standard InChI is InChI=1S/C22H25N3O4.C3H6O2/c23-21(26)14-25-13-19-18(22(25)27)2-1-3-20(19)29-15-17-6-4-16(5-7-17)12-24-8-10-28-11-9-24;1-2-3(4)5/h1-7H,8-15H2,(H2,23,26);2H2,1H3,(H,4,5). The normalized spacial score (nSPS) is 15.3. The summed E-state index contributed by atoms with van der Waals surface area (Å²) in [7, 11) is 0. The van der Waals surface area contributed by atoms with E-state index in [0.29, 0.717) is 24.5 Å². The molecule has 0 radical (unpaired) electrons. The SMILES string of the molecule is CCC(=O)O.NC(=O)CN1Cc2c(OCc3ccc(CN4CCOCC4)cc3)cccc2C1=O. The minimum Gasteiger partial charge on any atom is -0.489 e. The monoisotopic (exact) mass is 469 g/mol. The number of carboxylic acids is 1. The van der Waals surface area contributed by atoms with Crippen molar-refractivity contribution >= 4 is 17.8 Å². The molecule has 2 aliphatic heterocycles. The van der Waals surface area contributed by atoms with Crippen molar-refractivity contribution in [2.75, 3.05) is 32.8 Å². The number of amides is 2. The zero-order valence-electron chi connectivity index (χ0n) is 19.4. The van der Waals surface area contributed by atoms with Gasteiger partial charge < -0.3 is 25.2 Å². The molecule has 4 rings (SSSR count). The highest BCUT2D eigenvalue weighted by molar-refractivity contribution is 6.00. The van der Waals surface area contributed by atoms with Gasteiger partial charge in [0.1, 0.15) is 12.4 Å². The Labute approximate surface area is 199 Å². The van der Waals surface area contributed by atoms with Crippen LogP contribution in [0.5, 0.6) is 5.75 Å². The lowest BCUT2D eigenvalue weighted by Crippen LogP contribution is -2.35. The van der Waals surface area contributed by atoms with Gasteiger partial charge in [-0.25, -0.2) is 0 Å². The third kappa shape index (κ3) is 7.03. The number of hydrogen-bond acceptors (Lipinski definition) is 6. The number of hydrogen-bond donors (Lipinski definition) is 2. The first-order chi connectivity index (χ1) is 16.4. The van der Waals surface area contributed by atoms with Crippen LogP contribution in [0, 0.1) is 0 Å². The molecule has 1 saturated heterocycles. The van der Waals surface area contributed by atoms with Crippen molar-refractivity contribution in [3.8, 4) is 5.75 Å². The molecule has 9 nitrogen and oxygen atoms in total. The quantitative estimate of drug-likeness (QED) is 0.606. The minimum atomic E-state index is -0.745. The minimum absolute atomic E-state index is 0.0858. The number of nitrogens with two attached hydrogens (primary N) is 1. The van der Waals surface area contributed by atoms with E-state index < -0.39 is 11.9 Å². The fraction of sp³-hybridized carbons (Fsp3) is 0.400. The Kier molecular flexibility index (Phi) is 9.00. The Balaban J connectivity index is 0.000000588. The molecular formula is C25H31N3O6. The number of rotatable bonds is 8. The van der Waals surface area contributed by atoms with Crippen molar-refractivity contribution in [3.05, 3.63) is 64.7 Å². The molecule has 0 aromatic heterocycles. The molecule has 3 N–H and O–H groups in total. The highest BCUT2D eigenvalue weighted by Crippen LogP contribution is 2.31. The van der Waals surface area contributed by atoms with E-state index in [-0.39, 0.29) is 18.9 Å². The van der Waals surface area contributed by atoms with Gasteiger partial charge in [0.2, 0.25) is 5.91 Å². The molecule has 2 aliphatic rings. The van der Waals surface area contributed by atoms with E-state index in [9.17, 15) is 14.4 Å². The molecule has 0 unspecified atom stereocenters. The number of carbonyl (C=O) groups excluding carboxylic acids is 2. The van der Waals surface area contributed by atoms with Crippen molar-refractivity contribution in [1.82, 2.24) is 9.80 Å². The van der Waals surface area contributed by atoms with Crippen LogP contribution in [0.25, 0.3) is 0 Å². The van der Waals surface area contributed by atoms with E-state index in [1.807, 2.05) is 6.07 Å². The Morgan fingerprint density at radius 2 is 1.74 bits per heavy atom. The van der Waals surface area contributed by atoms with Gasteiger partial charge in [-0.3, -0.25) is 19.3 Å². The number of morpholine rings is 1. The van der Waals surface area contributed by atoms with Crippen LogP contribution in [-0.2, 0) is 34.0 Å². The van der Waals surface area contributed by atoms with Crippen molar-refractivity contribution in [2.24, 2.45) is 5.73 Å². The lowest BCUT2D eigenvalue weighted by molar-refractivity contribution is -0.136. The summed E-state index contributed by atoms with van der Waals surface area (Å²) in [5, 5.41) is 7.72. The summed E-state index contributed by atoms with van der Waals surface area (Å²) in [6, 6.07) is 13.8. The lowest BCUT2D eigenvalue weighted by Gasteiger charge is -2.26. The molecule has 0 saturated carbocycles. The largest absolute Gasteiger partial charge is 0.489 e. The maximum atomic E-state index is 12.4. The Hall–Kier alpha value is -3.43. The number of benzene rings is 2. The molecular weight excluding hydrogens is 438 g/mol. The van der Waals surface area contributed by atoms with Crippen molar-refractivity contribution in [3.63, 3.8) is 0 Å². The number of nitrogens with zero attached hydrogens (tertiary/aromatic N) is 2. The number of ether oxygens (including phenoxy) is 2. The molecule has 182 valence electrons. The summed E-state index contributed by atoms with van der Waals surface area (Å²) in [5.41, 5.74) is 8.95. The zero-order chi connectivity index (χ0) is 24.5. The summed E-state index contributed by atoms with van der Waals surface area (Å²) in [6.07, 6.45) is 0.222. The van der Waals surface area contributed by atoms with Crippen molar-refractivity contribution < 1.29 is 29.0 Å². The molecule has 2 aromatic rings. The Bertz CT molecular complexity index is 1000. The fourth-order valence-corrected chi connectivity index (χ4v) is 3.73. The van der Waals surface area contributed by atoms with E-state index in [2.05, 4.69) is 29.2 Å². The van der Waals surface area contributed by atoms with Gasteiger partial charge in [-0.2, -0.15) is 0 Å². The molecule has 2 heterocycles. The highest BCUT2D eigenvalue weighted by Gasteiger charge is 2.30. The predicted molar refractivity (Wildman–Crippen MR) is 125 cm³/mol. The third-order valence-corrected chi connectivity index (χ3v) is 5.58. The van der Waals surface area contributed by atoms with Gasteiger partial charge >= 0.3 is 5.97 Å². The van der Waals surface area contributed by atoms with Crippen LogP contribution in [0.1, 0.15) is 40.4 Å². The highest BCUT2D eigenvalue weighted by atomic mass is 16.5. The molecule has 2 amide bonds. The van der Waals surface area contributed by atoms with E-state index in [0.717, 1.165) is 44.0 Å². The van der Waals surface area contributed by atoms with Crippen molar-refractivity contribution in [2.45, 2.75) is 33.0 Å². The van der Waals surface area contributed by atoms with Gasteiger partial charge in [0, 0.05) is 37.2 Å². The molecule has 0 spiro atoms. The number of fused-ring (bicyclic) bond motifs is 1. The smallest absolute Gasteiger partial charge is 0.303 e. The summed E-state index contributed by atoms with van der Waals surface area (Å²) in [5.74, 6) is -0.785. The molecule has 1 fully saturated rings. The molecule has 0 atom stereocenters. The first kappa shape index (κ1) is 25.2. The number of carbonyl (C=O) groups is 3. The van der Waals surface area contributed by atoms with Crippen LogP contribution in [-0.4, -0.2) is 65.5 Å². The van der Waals surface area contributed by atoms with E-state index in [1.165, 1.54) is 10.5 Å². The second kappa shape index (κ2) is 12.2. The summed E-state index contributed by atoms with van der Waals surface area (Å²) >= 11 is 0. The number of carboxylic acid groups (broad SMARTS) is 1. The van der Waals surface area contributed by atoms with Crippen LogP contribution in [0.2, 0.25) is 0 Å². The van der Waals surface area contributed by atoms with E-state index >= 15 is 0 Å².